The normalized spacial score (nSPS) is 20.8. The Morgan fingerprint density at radius 1 is 1.24 bits per heavy atom. The summed E-state index contributed by atoms with van der Waals surface area (Å²) in [5.41, 5.74) is 6.66. The molecule has 1 amide bonds. The van der Waals surface area contributed by atoms with Gasteiger partial charge in [-0.3, -0.25) is 4.79 Å². The van der Waals surface area contributed by atoms with Gasteiger partial charge in [0.2, 0.25) is 5.91 Å². The third-order valence-electron chi connectivity index (χ3n) is 2.73. The van der Waals surface area contributed by atoms with E-state index in [0.717, 1.165) is 31.9 Å². The van der Waals surface area contributed by atoms with Gasteiger partial charge in [-0.1, -0.05) is 15.9 Å². The Morgan fingerprint density at radius 3 is 2.41 bits per heavy atom. The monoisotopic (exact) mass is 424 g/mol. The minimum absolute atomic E-state index is 0.0139. The van der Waals surface area contributed by atoms with Crippen LogP contribution in [0.2, 0.25) is 0 Å². The molecule has 0 radical (unpaired) electrons. The van der Waals surface area contributed by atoms with Crippen molar-refractivity contribution in [1.29, 1.82) is 0 Å². The summed E-state index contributed by atoms with van der Waals surface area (Å²) in [4.78, 5) is 13.8. The lowest BCUT2D eigenvalue weighted by Crippen LogP contribution is -2.48. The zero-order chi connectivity index (χ0) is 12.6. The number of nitrogens with two attached hydrogens (primary N) is 1. The Kier molecular flexibility index (Phi) is 4.28. The molecule has 0 aliphatic carbocycles. The van der Waals surface area contributed by atoms with Crippen LogP contribution in [0.25, 0.3) is 0 Å². The Balaban J connectivity index is 2.43. The van der Waals surface area contributed by atoms with Crippen molar-refractivity contribution < 1.29 is 4.79 Å². The number of carbonyl (C=O) groups excluding carboxylic acids is 1. The van der Waals surface area contributed by atoms with Gasteiger partial charge in [-0.05, 0) is 56.8 Å². The second-order valence-electron chi connectivity index (χ2n) is 3.96. The number of benzene rings is 1. The zero-order valence-corrected chi connectivity index (χ0v) is 13.7. The molecule has 3 nitrogen and oxygen atoms in total. The quantitative estimate of drug-likeness (QED) is 0.747. The molecule has 0 aromatic heterocycles. The second kappa shape index (κ2) is 5.38. The summed E-state index contributed by atoms with van der Waals surface area (Å²) in [7, 11) is 0. The number of hydrogen-bond donors (Lipinski definition) is 1. The average molecular weight is 427 g/mol. The van der Waals surface area contributed by atoms with Crippen molar-refractivity contribution in [3.05, 3.63) is 25.6 Å². The van der Waals surface area contributed by atoms with E-state index in [1.54, 1.807) is 4.90 Å². The number of amides is 1. The van der Waals surface area contributed by atoms with Gasteiger partial charge < -0.3 is 10.6 Å². The highest BCUT2D eigenvalue weighted by Crippen LogP contribution is 2.38. The Labute approximate surface area is 125 Å². The van der Waals surface area contributed by atoms with Crippen LogP contribution >= 0.6 is 47.8 Å². The first-order valence-electron chi connectivity index (χ1n) is 5.22. The van der Waals surface area contributed by atoms with E-state index in [0.29, 0.717) is 6.54 Å². The zero-order valence-electron chi connectivity index (χ0n) is 8.92. The Morgan fingerprint density at radius 2 is 1.82 bits per heavy atom. The fourth-order valence-electron chi connectivity index (χ4n) is 1.92. The predicted octanol–water partition coefficient (Wildman–Crippen LogP) is 3.43. The van der Waals surface area contributed by atoms with Crippen molar-refractivity contribution in [3.8, 4) is 0 Å². The standard InChI is InChI=1S/C11H11Br3N2O/c12-6-4-7(13)10(8(14)5-6)16-3-1-2-9(15)11(16)17/h4-5,9H,1-3,15H2. The van der Waals surface area contributed by atoms with Gasteiger partial charge in [0, 0.05) is 20.0 Å². The van der Waals surface area contributed by atoms with Crippen LogP contribution in [0.1, 0.15) is 12.8 Å². The molecular weight excluding hydrogens is 416 g/mol. The number of rotatable bonds is 1. The first-order valence-corrected chi connectivity index (χ1v) is 7.60. The molecule has 17 heavy (non-hydrogen) atoms. The molecule has 1 heterocycles. The van der Waals surface area contributed by atoms with E-state index in [4.69, 9.17) is 5.73 Å². The fraction of sp³-hybridized carbons (Fsp3) is 0.364. The molecule has 1 unspecified atom stereocenters. The molecule has 92 valence electrons. The number of nitrogens with zero attached hydrogens (tertiary/aromatic N) is 1. The summed E-state index contributed by atoms with van der Waals surface area (Å²) in [6, 6.07) is 3.47. The van der Waals surface area contributed by atoms with E-state index in [1.165, 1.54) is 0 Å². The molecule has 1 aliphatic heterocycles. The van der Waals surface area contributed by atoms with Crippen LogP contribution in [0.3, 0.4) is 0 Å². The summed E-state index contributed by atoms with van der Waals surface area (Å²) in [5, 5.41) is 0. The van der Waals surface area contributed by atoms with Crippen LogP contribution in [-0.4, -0.2) is 18.5 Å². The van der Waals surface area contributed by atoms with Crippen LogP contribution in [0, 0.1) is 0 Å². The van der Waals surface area contributed by atoms with Gasteiger partial charge in [-0.15, -0.1) is 0 Å². The Bertz CT molecular complexity index is 441. The second-order valence-corrected chi connectivity index (χ2v) is 6.58. The van der Waals surface area contributed by atoms with Crippen molar-refractivity contribution in [3.63, 3.8) is 0 Å². The van der Waals surface area contributed by atoms with Crippen LogP contribution in [-0.2, 0) is 4.79 Å². The molecule has 1 aliphatic rings. The molecule has 1 fully saturated rings. The van der Waals surface area contributed by atoms with Gasteiger partial charge in [0.1, 0.15) is 0 Å². The molecular formula is C11H11Br3N2O. The van der Waals surface area contributed by atoms with Crippen molar-refractivity contribution >= 4 is 59.4 Å². The van der Waals surface area contributed by atoms with Gasteiger partial charge >= 0.3 is 0 Å². The lowest BCUT2D eigenvalue weighted by atomic mass is 10.1. The van der Waals surface area contributed by atoms with E-state index in [9.17, 15) is 4.79 Å². The van der Waals surface area contributed by atoms with Gasteiger partial charge in [0.15, 0.2) is 0 Å². The largest absolute Gasteiger partial charge is 0.320 e. The molecule has 0 saturated carbocycles. The van der Waals surface area contributed by atoms with Crippen LogP contribution in [0.5, 0.6) is 0 Å². The van der Waals surface area contributed by atoms with E-state index in [-0.39, 0.29) is 11.9 Å². The number of piperidine rings is 1. The molecule has 1 aromatic rings. The van der Waals surface area contributed by atoms with Gasteiger partial charge in [0.25, 0.3) is 0 Å². The highest BCUT2D eigenvalue weighted by Gasteiger charge is 2.29. The summed E-state index contributed by atoms with van der Waals surface area (Å²) in [5.74, 6) is -0.0139. The van der Waals surface area contributed by atoms with E-state index >= 15 is 0 Å². The van der Waals surface area contributed by atoms with Gasteiger partial charge in [-0.25, -0.2) is 0 Å². The van der Waals surface area contributed by atoms with Gasteiger partial charge in [-0.2, -0.15) is 0 Å². The van der Waals surface area contributed by atoms with E-state index in [2.05, 4.69) is 47.8 Å². The number of halogens is 3. The van der Waals surface area contributed by atoms with E-state index in [1.807, 2.05) is 12.1 Å². The average Bonchev–Trinajstić information content (AvgIpc) is 2.23. The molecule has 6 heteroatoms. The number of anilines is 1. The third kappa shape index (κ3) is 2.75. The highest BCUT2D eigenvalue weighted by molar-refractivity contribution is 9.11. The highest BCUT2D eigenvalue weighted by atomic mass is 79.9. The SMILES string of the molecule is NC1CCCN(c2c(Br)cc(Br)cc2Br)C1=O. The maximum absolute atomic E-state index is 12.1. The summed E-state index contributed by atoms with van der Waals surface area (Å²) in [6.07, 6.45) is 1.70. The lowest BCUT2D eigenvalue weighted by molar-refractivity contribution is -0.120. The first kappa shape index (κ1) is 13.5. The molecule has 2 N–H and O–H groups in total. The maximum atomic E-state index is 12.1. The number of hydrogen-bond acceptors (Lipinski definition) is 2. The fourth-order valence-corrected chi connectivity index (χ4v) is 4.60. The van der Waals surface area contributed by atoms with Crippen molar-refractivity contribution in [2.24, 2.45) is 5.73 Å². The maximum Gasteiger partial charge on any atom is 0.243 e. The molecule has 2 rings (SSSR count). The van der Waals surface area contributed by atoms with Crippen molar-refractivity contribution in [2.45, 2.75) is 18.9 Å². The smallest absolute Gasteiger partial charge is 0.243 e. The van der Waals surface area contributed by atoms with Crippen LogP contribution in [0.4, 0.5) is 5.69 Å². The molecule has 1 aromatic carbocycles. The molecule has 1 atom stereocenters. The first-order chi connectivity index (χ1) is 8.00. The molecule has 0 bridgehead atoms. The minimum atomic E-state index is -0.383. The summed E-state index contributed by atoms with van der Waals surface area (Å²) >= 11 is 10.4. The topological polar surface area (TPSA) is 46.3 Å². The predicted molar refractivity (Wildman–Crippen MR) is 79.1 cm³/mol. The van der Waals surface area contributed by atoms with Crippen LogP contribution < -0.4 is 10.6 Å². The van der Waals surface area contributed by atoms with Gasteiger partial charge in [0.05, 0.1) is 11.7 Å². The number of carbonyl (C=O) groups is 1. The van der Waals surface area contributed by atoms with Crippen molar-refractivity contribution in [2.75, 3.05) is 11.4 Å². The summed E-state index contributed by atoms with van der Waals surface area (Å²) < 4.78 is 2.70. The van der Waals surface area contributed by atoms with Crippen molar-refractivity contribution in [1.82, 2.24) is 0 Å². The molecule has 0 spiro atoms. The van der Waals surface area contributed by atoms with Crippen LogP contribution in [0.15, 0.2) is 25.6 Å². The summed E-state index contributed by atoms with van der Waals surface area (Å²) in [6.45, 7) is 0.714. The minimum Gasteiger partial charge on any atom is -0.320 e. The van der Waals surface area contributed by atoms with E-state index < -0.39 is 0 Å². The Hall–Kier alpha value is 0.0900. The third-order valence-corrected chi connectivity index (χ3v) is 4.40. The molecule has 1 saturated heterocycles. The lowest BCUT2D eigenvalue weighted by Gasteiger charge is -2.32.